The number of aromatic nitrogens is 2. The molecular formula is C27H34N4O7. The Morgan fingerprint density at radius 2 is 1.63 bits per heavy atom. The number of ether oxygens (including phenoxy) is 5. The molecule has 0 aliphatic carbocycles. The Bertz CT molecular complexity index is 1210. The maximum absolute atomic E-state index is 10.7. The predicted octanol–water partition coefficient (Wildman–Crippen LogP) is 3.86. The number of rotatable bonds is 15. The topological polar surface area (TPSA) is 161 Å². The van der Waals surface area contributed by atoms with E-state index in [1.54, 1.807) is 20.4 Å². The van der Waals surface area contributed by atoms with Crippen LogP contribution < -0.4 is 35.2 Å². The van der Waals surface area contributed by atoms with E-state index in [0.717, 1.165) is 16.7 Å². The van der Waals surface area contributed by atoms with Gasteiger partial charge in [0, 0.05) is 24.6 Å². The Labute approximate surface area is 221 Å². The average molecular weight is 527 g/mol. The standard InChI is InChI=1S/C27H34N4O7/c1-4-36-21-12-17(11-19-15-30-27(29)31-26(19)28)8-9-20(21)38-16-18-13-22(34-2)25(23(14-18)35-3)37-10-6-5-7-24(32)33/h8-9,12-15H,4-7,10-11,16H2,1-3H3,(H,32,33)(H4,28,29,30,31). The molecular weight excluding hydrogens is 492 g/mol. The minimum Gasteiger partial charge on any atom is -0.493 e. The molecule has 11 nitrogen and oxygen atoms in total. The highest BCUT2D eigenvalue weighted by molar-refractivity contribution is 5.66. The van der Waals surface area contributed by atoms with Crippen LogP contribution in [0.1, 0.15) is 42.9 Å². The number of nitrogens with zero attached hydrogens (tertiary/aromatic N) is 2. The third kappa shape index (κ3) is 7.79. The zero-order chi connectivity index (χ0) is 27.5. The highest BCUT2D eigenvalue weighted by atomic mass is 16.5. The van der Waals surface area contributed by atoms with Gasteiger partial charge in [0.2, 0.25) is 11.7 Å². The van der Waals surface area contributed by atoms with E-state index in [0.29, 0.717) is 67.0 Å². The molecule has 0 fully saturated rings. The number of hydrogen-bond donors (Lipinski definition) is 3. The van der Waals surface area contributed by atoms with E-state index in [1.165, 1.54) is 0 Å². The molecule has 0 radical (unpaired) electrons. The van der Waals surface area contributed by atoms with Gasteiger partial charge in [0.15, 0.2) is 23.0 Å². The van der Waals surface area contributed by atoms with Crippen molar-refractivity contribution in [2.45, 2.75) is 39.2 Å². The molecule has 5 N–H and O–H groups in total. The van der Waals surface area contributed by atoms with Crippen molar-refractivity contribution in [2.75, 3.05) is 38.9 Å². The number of carboxylic acids is 1. The molecule has 2 aromatic carbocycles. The third-order valence-electron chi connectivity index (χ3n) is 5.57. The average Bonchev–Trinajstić information content (AvgIpc) is 2.89. The van der Waals surface area contributed by atoms with Crippen molar-refractivity contribution < 1.29 is 33.6 Å². The molecule has 0 aliphatic heterocycles. The van der Waals surface area contributed by atoms with Crippen molar-refractivity contribution in [3.63, 3.8) is 0 Å². The summed E-state index contributed by atoms with van der Waals surface area (Å²) in [6.45, 7) is 2.93. The molecule has 0 atom stereocenters. The fourth-order valence-electron chi connectivity index (χ4n) is 3.71. The van der Waals surface area contributed by atoms with E-state index >= 15 is 0 Å². The van der Waals surface area contributed by atoms with Crippen molar-refractivity contribution in [1.29, 1.82) is 0 Å². The van der Waals surface area contributed by atoms with Crippen LogP contribution >= 0.6 is 0 Å². The van der Waals surface area contributed by atoms with E-state index in [4.69, 9.17) is 40.3 Å². The molecule has 3 aromatic rings. The van der Waals surface area contributed by atoms with Gasteiger partial charge >= 0.3 is 5.97 Å². The zero-order valence-corrected chi connectivity index (χ0v) is 21.9. The quantitative estimate of drug-likeness (QED) is 0.247. The Kier molecular flexibility index (Phi) is 10.2. The van der Waals surface area contributed by atoms with Gasteiger partial charge in [0.25, 0.3) is 0 Å². The van der Waals surface area contributed by atoms with Crippen LogP contribution in [0, 0.1) is 0 Å². The first-order chi connectivity index (χ1) is 18.3. The summed E-state index contributed by atoms with van der Waals surface area (Å²) in [6, 6.07) is 9.30. The first-order valence-corrected chi connectivity index (χ1v) is 12.2. The molecule has 0 unspecified atom stereocenters. The Morgan fingerprint density at radius 3 is 2.26 bits per heavy atom. The molecule has 11 heteroatoms. The molecule has 3 rings (SSSR count). The Balaban J connectivity index is 1.72. The van der Waals surface area contributed by atoms with E-state index in [2.05, 4.69) is 9.97 Å². The van der Waals surface area contributed by atoms with Crippen LogP contribution in [0.25, 0.3) is 0 Å². The van der Waals surface area contributed by atoms with Crippen LogP contribution in [0.2, 0.25) is 0 Å². The second-order valence-electron chi connectivity index (χ2n) is 8.35. The second kappa shape index (κ2) is 13.8. The molecule has 1 heterocycles. The van der Waals surface area contributed by atoms with Crippen molar-refractivity contribution in [3.8, 4) is 28.7 Å². The van der Waals surface area contributed by atoms with Crippen molar-refractivity contribution in [1.82, 2.24) is 9.97 Å². The molecule has 38 heavy (non-hydrogen) atoms. The summed E-state index contributed by atoms with van der Waals surface area (Å²) < 4.78 is 28.8. The van der Waals surface area contributed by atoms with Gasteiger partial charge in [-0.1, -0.05) is 6.07 Å². The van der Waals surface area contributed by atoms with Gasteiger partial charge in [-0.25, -0.2) is 4.98 Å². The lowest BCUT2D eigenvalue weighted by Crippen LogP contribution is -2.05. The molecule has 0 aliphatic rings. The highest BCUT2D eigenvalue weighted by Crippen LogP contribution is 2.39. The molecule has 0 saturated carbocycles. The summed E-state index contributed by atoms with van der Waals surface area (Å²) in [7, 11) is 3.09. The normalized spacial score (nSPS) is 10.6. The molecule has 1 aromatic heterocycles. The largest absolute Gasteiger partial charge is 0.493 e. The van der Waals surface area contributed by atoms with Gasteiger partial charge in [-0.05, 0) is 55.2 Å². The first kappa shape index (κ1) is 28.2. The van der Waals surface area contributed by atoms with Crippen molar-refractivity contribution in [3.05, 3.63) is 53.2 Å². The number of nitrogens with two attached hydrogens (primary N) is 2. The number of methoxy groups -OCH3 is 2. The highest BCUT2D eigenvalue weighted by Gasteiger charge is 2.16. The van der Waals surface area contributed by atoms with Crippen molar-refractivity contribution >= 4 is 17.7 Å². The van der Waals surface area contributed by atoms with E-state index in [1.807, 2.05) is 37.3 Å². The predicted molar refractivity (Wildman–Crippen MR) is 142 cm³/mol. The molecule has 0 amide bonds. The molecule has 0 spiro atoms. The summed E-state index contributed by atoms with van der Waals surface area (Å²) in [6.07, 6.45) is 3.35. The summed E-state index contributed by atoms with van der Waals surface area (Å²) in [5, 5.41) is 8.78. The lowest BCUT2D eigenvalue weighted by Gasteiger charge is -2.17. The molecule has 0 bridgehead atoms. The van der Waals surface area contributed by atoms with E-state index < -0.39 is 5.97 Å². The molecule has 0 saturated heterocycles. The summed E-state index contributed by atoms with van der Waals surface area (Å²) >= 11 is 0. The maximum atomic E-state index is 10.7. The fourth-order valence-corrected chi connectivity index (χ4v) is 3.71. The number of benzene rings is 2. The first-order valence-electron chi connectivity index (χ1n) is 12.2. The van der Waals surface area contributed by atoms with Gasteiger partial charge in [-0.15, -0.1) is 0 Å². The van der Waals surface area contributed by atoms with Crippen LogP contribution in [0.15, 0.2) is 36.5 Å². The minimum atomic E-state index is -0.826. The SMILES string of the molecule is CCOc1cc(Cc2cnc(N)nc2N)ccc1OCc1cc(OC)c(OCCCCC(=O)O)c(OC)c1. The third-order valence-corrected chi connectivity index (χ3v) is 5.57. The molecule has 204 valence electrons. The Hall–Kier alpha value is -4.41. The van der Waals surface area contributed by atoms with Gasteiger partial charge < -0.3 is 40.3 Å². The van der Waals surface area contributed by atoms with E-state index in [9.17, 15) is 4.79 Å². The summed E-state index contributed by atoms with van der Waals surface area (Å²) in [4.78, 5) is 18.7. The summed E-state index contributed by atoms with van der Waals surface area (Å²) in [5.74, 6) is 2.26. The number of aliphatic carboxylic acids is 1. The number of anilines is 2. The van der Waals surface area contributed by atoms with Gasteiger partial charge in [-0.2, -0.15) is 4.98 Å². The lowest BCUT2D eigenvalue weighted by atomic mass is 10.1. The number of unbranched alkanes of at least 4 members (excludes halogenated alkanes) is 1. The van der Waals surface area contributed by atoms with Crippen LogP contribution in [0.4, 0.5) is 11.8 Å². The number of carbonyl (C=O) groups is 1. The minimum absolute atomic E-state index is 0.0997. The maximum Gasteiger partial charge on any atom is 0.303 e. The van der Waals surface area contributed by atoms with Gasteiger partial charge in [-0.3, -0.25) is 4.79 Å². The lowest BCUT2D eigenvalue weighted by molar-refractivity contribution is -0.137. The monoisotopic (exact) mass is 526 g/mol. The van der Waals surface area contributed by atoms with Gasteiger partial charge in [0.05, 0.1) is 27.4 Å². The number of hydrogen-bond acceptors (Lipinski definition) is 10. The number of carboxylic acid groups (broad SMARTS) is 1. The number of nitrogen functional groups attached to an aromatic ring is 2. The second-order valence-corrected chi connectivity index (χ2v) is 8.35. The zero-order valence-electron chi connectivity index (χ0n) is 21.9. The summed E-state index contributed by atoms with van der Waals surface area (Å²) in [5.41, 5.74) is 14.1. The van der Waals surface area contributed by atoms with Gasteiger partial charge in [0.1, 0.15) is 12.4 Å². The van der Waals surface area contributed by atoms with Crippen LogP contribution in [-0.4, -0.2) is 48.5 Å². The fraction of sp³-hybridized carbons (Fsp3) is 0.370. The smallest absolute Gasteiger partial charge is 0.303 e. The van der Waals surface area contributed by atoms with Crippen LogP contribution in [-0.2, 0) is 17.8 Å². The van der Waals surface area contributed by atoms with E-state index in [-0.39, 0.29) is 19.0 Å². The Morgan fingerprint density at radius 1 is 0.921 bits per heavy atom. The van der Waals surface area contributed by atoms with Crippen molar-refractivity contribution in [2.24, 2.45) is 0 Å². The van der Waals surface area contributed by atoms with Crippen LogP contribution in [0.3, 0.4) is 0 Å². The van der Waals surface area contributed by atoms with Crippen LogP contribution in [0.5, 0.6) is 28.7 Å².